The summed E-state index contributed by atoms with van der Waals surface area (Å²) in [4.78, 5) is 34.8. The van der Waals surface area contributed by atoms with Gasteiger partial charge in [0.1, 0.15) is 6.54 Å². The molecule has 0 spiro atoms. The maximum atomic E-state index is 12.0. The van der Waals surface area contributed by atoms with Crippen molar-refractivity contribution >= 4 is 17.8 Å². The van der Waals surface area contributed by atoms with Crippen molar-refractivity contribution in [2.24, 2.45) is 11.8 Å². The van der Waals surface area contributed by atoms with E-state index in [-0.39, 0.29) is 19.0 Å². The molecule has 6 heteroatoms. The average molecular weight is 243 g/mol. The highest BCUT2D eigenvalue weighted by Gasteiger charge is 2.39. The molecule has 0 aromatic rings. The number of aliphatic carboxylic acids is 2. The van der Waals surface area contributed by atoms with Gasteiger partial charge < -0.3 is 15.1 Å². The fraction of sp³-hybridized carbons (Fsp3) is 0.727. The van der Waals surface area contributed by atoms with E-state index < -0.39 is 23.8 Å². The predicted molar refractivity (Wildman–Crippen MR) is 58.4 cm³/mol. The highest BCUT2D eigenvalue weighted by molar-refractivity contribution is 5.87. The minimum absolute atomic E-state index is 0.286. The first-order chi connectivity index (χ1) is 7.97. The highest BCUT2D eigenvalue weighted by Crippen LogP contribution is 2.33. The van der Waals surface area contributed by atoms with Gasteiger partial charge in [0.2, 0.25) is 5.91 Å². The maximum absolute atomic E-state index is 12.0. The minimum atomic E-state index is -1.08. The number of carbonyl (C=O) groups is 3. The third kappa shape index (κ3) is 3.18. The summed E-state index contributed by atoms with van der Waals surface area (Å²) in [6, 6.07) is 0. The topological polar surface area (TPSA) is 94.9 Å². The molecule has 1 rings (SSSR count). The van der Waals surface area contributed by atoms with Gasteiger partial charge in [-0.2, -0.15) is 0 Å². The van der Waals surface area contributed by atoms with Crippen LogP contribution in [0.2, 0.25) is 0 Å². The van der Waals surface area contributed by atoms with E-state index in [1.807, 2.05) is 0 Å². The Morgan fingerprint density at radius 1 is 1.18 bits per heavy atom. The summed E-state index contributed by atoms with van der Waals surface area (Å²) in [6.45, 7) is 1.61. The van der Waals surface area contributed by atoms with Crippen LogP contribution in [0.4, 0.5) is 0 Å². The molecule has 1 saturated carbocycles. The van der Waals surface area contributed by atoms with Crippen molar-refractivity contribution < 1.29 is 24.6 Å². The summed E-state index contributed by atoms with van der Waals surface area (Å²) < 4.78 is 0. The summed E-state index contributed by atoms with van der Waals surface area (Å²) in [5, 5.41) is 17.7. The molecule has 0 saturated heterocycles. The standard InChI is InChI=1S/C11H17NO5/c1-2-12(6-9(13)14)10(15)7-4-3-5-8(7)11(16)17/h7-8H,2-6H2,1H3,(H,13,14)(H,16,17). The first-order valence-electron chi connectivity index (χ1n) is 5.70. The van der Waals surface area contributed by atoms with Crippen molar-refractivity contribution in [1.82, 2.24) is 4.90 Å². The molecule has 1 fully saturated rings. The summed E-state index contributed by atoms with van der Waals surface area (Å²) in [7, 11) is 0. The van der Waals surface area contributed by atoms with E-state index in [9.17, 15) is 14.4 Å². The van der Waals surface area contributed by atoms with Crippen LogP contribution in [0.5, 0.6) is 0 Å². The van der Waals surface area contributed by atoms with E-state index in [0.717, 1.165) is 0 Å². The SMILES string of the molecule is CCN(CC(=O)O)C(=O)C1CCCC1C(=O)O. The van der Waals surface area contributed by atoms with Crippen LogP contribution in [0, 0.1) is 11.8 Å². The first kappa shape index (κ1) is 13.5. The molecule has 96 valence electrons. The molecule has 0 radical (unpaired) electrons. The van der Waals surface area contributed by atoms with E-state index >= 15 is 0 Å². The Bertz CT molecular complexity index is 328. The van der Waals surface area contributed by atoms with E-state index in [2.05, 4.69) is 0 Å². The van der Waals surface area contributed by atoms with Gasteiger partial charge in [0.15, 0.2) is 0 Å². The molecule has 0 heterocycles. The van der Waals surface area contributed by atoms with Crippen LogP contribution in [0.15, 0.2) is 0 Å². The molecule has 0 aromatic carbocycles. The second kappa shape index (κ2) is 5.65. The van der Waals surface area contributed by atoms with Crippen LogP contribution in [0.25, 0.3) is 0 Å². The smallest absolute Gasteiger partial charge is 0.323 e. The van der Waals surface area contributed by atoms with Crippen molar-refractivity contribution in [3.63, 3.8) is 0 Å². The Labute approximate surface area is 99.2 Å². The van der Waals surface area contributed by atoms with Gasteiger partial charge in [-0.15, -0.1) is 0 Å². The molecule has 1 aliphatic carbocycles. The van der Waals surface area contributed by atoms with E-state index in [1.54, 1.807) is 6.92 Å². The van der Waals surface area contributed by atoms with Gasteiger partial charge in [-0.1, -0.05) is 6.42 Å². The third-order valence-electron chi connectivity index (χ3n) is 3.17. The van der Waals surface area contributed by atoms with Gasteiger partial charge >= 0.3 is 11.9 Å². The Morgan fingerprint density at radius 2 is 1.76 bits per heavy atom. The zero-order valence-electron chi connectivity index (χ0n) is 9.76. The number of carboxylic acids is 2. The highest BCUT2D eigenvalue weighted by atomic mass is 16.4. The number of likely N-dealkylation sites (N-methyl/N-ethyl adjacent to an activating group) is 1. The van der Waals surface area contributed by atoms with Crippen molar-refractivity contribution in [3.8, 4) is 0 Å². The number of hydrogen-bond acceptors (Lipinski definition) is 3. The Hall–Kier alpha value is -1.59. The first-order valence-corrected chi connectivity index (χ1v) is 5.70. The van der Waals surface area contributed by atoms with E-state index in [0.29, 0.717) is 19.3 Å². The van der Waals surface area contributed by atoms with Crippen molar-refractivity contribution in [3.05, 3.63) is 0 Å². The lowest BCUT2D eigenvalue weighted by molar-refractivity contribution is -0.151. The lowest BCUT2D eigenvalue weighted by Gasteiger charge is -2.24. The number of carboxylic acid groups (broad SMARTS) is 2. The molecular formula is C11H17NO5. The molecule has 2 unspecified atom stereocenters. The van der Waals surface area contributed by atoms with Gasteiger partial charge in [0.05, 0.1) is 11.8 Å². The fourth-order valence-corrected chi connectivity index (χ4v) is 2.29. The molecule has 6 nitrogen and oxygen atoms in total. The fourth-order valence-electron chi connectivity index (χ4n) is 2.29. The molecule has 1 amide bonds. The molecule has 0 aliphatic heterocycles. The van der Waals surface area contributed by atoms with Crippen LogP contribution < -0.4 is 0 Å². The minimum Gasteiger partial charge on any atom is -0.481 e. The summed E-state index contributed by atoms with van der Waals surface area (Å²) in [6.07, 6.45) is 1.74. The number of rotatable bonds is 5. The van der Waals surface area contributed by atoms with Crippen LogP contribution in [0.1, 0.15) is 26.2 Å². The summed E-state index contributed by atoms with van der Waals surface area (Å²) >= 11 is 0. The molecule has 2 N–H and O–H groups in total. The van der Waals surface area contributed by atoms with Crippen LogP contribution >= 0.6 is 0 Å². The quantitative estimate of drug-likeness (QED) is 0.729. The molecule has 1 aliphatic rings. The van der Waals surface area contributed by atoms with Crippen LogP contribution in [-0.4, -0.2) is 46.0 Å². The largest absolute Gasteiger partial charge is 0.481 e. The summed E-state index contributed by atoms with van der Waals surface area (Å²) in [5.41, 5.74) is 0. The molecule has 17 heavy (non-hydrogen) atoms. The van der Waals surface area contributed by atoms with Crippen molar-refractivity contribution in [2.75, 3.05) is 13.1 Å². The second-order valence-electron chi connectivity index (χ2n) is 4.23. The Kier molecular flexibility index (Phi) is 4.48. The molecular weight excluding hydrogens is 226 g/mol. The zero-order chi connectivity index (χ0) is 13.0. The third-order valence-corrected chi connectivity index (χ3v) is 3.17. The molecule has 2 atom stereocenters. The Balaban J connectivity index is 2.73. The predicted octanol–water partition coefficient (Wildman–Crippen LogP) is 0.420. The number of nitrogens with zero attached hydrogens (tertiary/aromatic N) is 1. The van der Waals surface area contributed by atoms with Gasteiger partial charge in [-0.25, -0.2) is 0 Å². The zero-order valence-corrected chi connectivity index (χ0v) is 9.76. The summed E-state index contributed by atoms with van der Waals surface area (Å²) in [5.74, 6) is -3.62. The normalized spacial score (nSPS) is 23.4. The van der Waals surface area contributed by atoms with Crippen molar-refractivity contribution in [2.45, 2.75) is 26.2 Å². The van der Waals surface area contributed by atoms with Gasteiger partial charge in [0.25, 0.3) is 0 Å². The van der Waals surface area contributed by atoms with E-state index in [4.69, 9.17) is 10.2 Å². The van der Waals surface area contributed by atoms with Crippen LogP contribution in [0.3, 0.4) is 0 Å². The number of carbonyl (C=O) groups excluding carboxylic acids is 1. The average Bonchev–Trinajstić information content (AvgIpc) is 2.73. The maximum Gasteiger partial charge on any atom is 0.323 e. The number of amides is 1. The van der Waals surface area contributed by atoms with Gasteiger partial charge in [0, 0.05) is 6.54 Å². The van der Waals surface area contributed by atoms with Crippen LogP contribution in [-0.2, 0) is 14.4 Å². The second-order valence-corrected chi connectivity index (χ2v) is 4.23. The molecule has 0 aromatic heterocycles. The molecule has 0 bridgehead atoms. The lowest BCUT2D eigenvalue weighted by atomic mass is 9.94. The van der Waals surface area contributed by atoms with E-state index in [1.165, 1.54) is 4.90 Å². The lowest BCUT2D eigenvalue weighted by Crippen LogP contribution is -2.41. The number of hydrogen-bond donors (Lipinski definition) is 2. The Morgan fingerprint density at radius 3 is 2.24 bits per heavy atom. The van der Waals surface area contributed by atoms with Gasteiger partial charge in [-0.05, 0) is 19.8 Å². The monoisotopic (exact) mass is 243 g/mol. The van der Waals surface area contributed by atoms with Crippen molar-refractivity contribution in [1.29, 1.82) is 0 Å². The van der Waals surface area contributed by atoms with Gasteiger partial charge in [-0.3, -0.25) is 14.4 Å².